The Morgan fingerprint density at radius 2 is 1.81 bits per heavy atom. The first kappa shape index (κ1) is 25.9. The van der Waals surface area contributed by atoms with Crippen LogP contribution in [0.4, 0.5) is 26.2 Å². The van der Waals surface area contributed by atoms with Crippen molar-refractivity contribution in [1.29, 1.82) is 0 Å². The SMILES string of the molecule is CC(C)Oc1cc(-c2cccc(NS(=O)(=O)CCCF)c2F)cc2c(N)nc(-c3cnc(N)nc3)nc12. The molecule has 0 aliphatic heterocycles. The van der Waals surface area contributed by atoms with Crippen molar-refractivity contribution in [3.8, 4) is 28.3 Å². The molecule has 0 spiro atoms. The maximum Gasteiger partial charge on any atom is 0.232 e. The third-order valence-corrected chi connectivity index (χ3v) is 6.57. The maximum atomic E-state index is 15.5. The van der Waals surface area contributed by atoms with Gasteiger partial charge in [0.2, 0.25) is 16.0 Å². The minimum absolute atomic E-state index is 0.0941. The van der Waals surface area contributed by atoms with Crippen LogP contribution in [0.3, 0.4) is 0 Å². The predicted molar refractivity (Wildman–Crippen MR) is 139 cm³/mol. The fourth-order valence-electron chi connectivity index (χ4n) is 3.60. The molecule has 194 valence electrons. The fraction of sp³-hybridized carbons (Fsp3) is 0.250. The first-order chi connectivity index (χ1) is 17.6. The molecule has 13 heteroatoms. The van der Waals surface area contributed by atoms with Gasteiger partial charge in [-0.15, -0.1) is 0 Å². The first-order valence-corrected chi connectivity index (χ1v) is 12.9. The zero-order chi connectivity index (χ0) is 26.7. The van der Waals surface area contributed by atoms with Gasteiger partial charge < -0.3 is 16.2 Å². The van der Waals surface area contributed by atoms with E-state index in [0.29, 0.717) is 27.8 Å². The number of benzene rings is 2. The summed E-state index contributed by atoms with van der Waals surface area (Å²) >= 11 is 0. The summed E-state index contributed by atoms with van der Waals surface area (Å²) in [6.45, 7) is 2.85. The van der Waals surface area contributed by atoms with Crippen LogP contribution in [0.2, 0.25) is 0 Å². The van der Waals surface area contributed by atoms with E-state index >= 15 is 4.39 Å². The van der Waals surface area contributed by atoms with Crippen LogP contribution in [-0.2, 0) is 10.0 Å². The van der Waals surface area contributed by atoms with E-state index in [2.05, 4.69) is 24.7 Å². The second-order valence-corrected chi connectivity index (χ2v) is 10.3. The van der Waals surface area contributed by atoms with Crippen LogP contribution in [0, 0.1) is 5.82 Å². The van der Waals surface area contributed by atoms with E-state index in [-0.39, 0.29) is 41.4 Å². The van der Waals surface area contributed by atoms with Gasteiger partial charge >= 0.3 is 0 Å². The van der Waals surface area contributed by atoms with Gasteiger partial charge in [0, 0.05) is 23.3 Å². The van der Waals surface area contributed by atoms with Crippen LogP contribution in [0.25, 0.3) is 33.4 Å². The molecular formula is C24H25F2N7O3S. The van der Waals surface area contributed by atoms with E-state index in [4.69, 9.17) is 16.2 Å². The van der Waals surface area contributed by atoms with Crippen molar-refractivity contribution in [3.63, 3.8) is 0 Å². The number of hydrogen-bond acceptors (Lipinski definition) is 9. The molecule has 4 aromatic rings. The second kappa shape index (κ2) is 10.5. The van der Waals surface area contributed by atoms with E-state index in [1.165, 1.54) is 30.6 Å². The van der Waals surface area contributed by atoms with Crippen LogP contribution in [0.15, 0.2) is 42.7 Å². The molecule has 37 heavy (non-hydrogen) atoms. The Kier molecular flexibility index (Phi) is 7.34. The fourth-order valence-corrected chi connectivity index (χ4v) is 4.69. The number of nitrogens with zero attached hydrogens (tertiary/aromatic N) is 4. The number of aromatic nitrogens is 4. The average molecular weight is 530 g/mol. The highest BCUT2D eigenvalue weighted by molar-refractivity contribution is 7.92. The van der Waals surface area contributed by atoms with Crippen LogP contribution >= 0.6 is 0 Å². The van der Waals surface area contributed by atoms with Gasteiger partial charge in [0.05, 0.1) is 29.8 Å². The number of hydrogen-bond donors (Lipinski definition) is 3. The number of alkyl halides is 1. The van der Waals surface area contributed by atoms with Gasteiger partial charge in [-0.2, -0.15) is 0 Å². The Hall–Kier alpha value is -4.13. The minimum Gasteiger partial charge on any atom is -0.489 e. The lowest BCUT2D eigenvalue weighted by Gasteiger charge is -2.16. The van der Waals surface area contributed by atoms with Gasteiger partial charge in [-0.3, -0.25) is 9.11 Å². The predicted octanol–water partition coefficient (Wildman–Crippen LogP) is 3.95. The zero-order valence-corrected chi connectivity index (χ0v) is 20.9. The zero-order valence-electron chi connectivity index (χ0n) is 20.1. The van der Waals surface area contributed by atoms with E-state index in [1.807, 2.05) is 13.8 Å². The van der Waals surface area contributed by atoms with Crippen molar-refractivity contribution in [1.82, 2.24) is 19.9 Å². The van der Waals surface area contributed by atoms with Crippen molar-refractivity contribution < 1.29 is 21.9 Å². The first-order valence-electron chi connectivity index (χ1n) is 11.3. The molecule has 5 N–H and O–H groups in total. The van der Waals surface area contributed by atoms with E-state index in [0.717, 1.165) is 0 Å². The van der Waals surface area contributed by atoms with E-state index in [1.54, 1.807) is 12.1 Å². The highest BCUT2D eigenvalue weighted by atomic mass is 32.2. The summed E-state index contributed by atoms with van der Waals surface area (Å²) in [5.41, 5.74) is 12.9. The lowest BCUT2D eigenvalue weighted by molar-refractivity contribution is 0.245. The second-order valence-electron chi connectivity index (χ2n) is 8.43. The summed E-state index contributed by atoms with van der Waals surface area (Å²) in [5, 5.41) is 0.404. The molecule has 4 rings (SSSR count). The molecule has 0 saturated heterocycles. The molecule has 0 saturated carbocycles. The summed E-state index contributed by atoms with van der Waals surface area (Å²) in [5.74, 6) is -0.498. The summed E-state index contributed by atoms with van der Waals surface area (Å²) in [6.07, 6.45) is 2.49. The summed E-state index contributed by atoms with van der Waals surface area (Å²) in [6, 6.07) is 7.48. The molecule has 0 aliphatic carbocycles. The number of halogens is 2. The molecule has 0 unspecified atom stereocenters. The maximum absolute atomic E-state index is 15.5. The number of sulfonamides is 1. The molecule has 0 aliphatic rings. The summed E-state index contributed by atoms with van der Waals surface area (Å²) < 4.78 is 60.5. The van der Waals surface area contributed by atoms with Gasteiger partial charge in [0.25, 0.3) is 0 Å². The molecule has 2 heterocycles. The molecule has 2 aromatic carbocycles. The normalized spacial score (nSPS) is 11.7. The van der Waals surface area contributed by atoms with Crippen LogP contribution in [-0.4, -0.2) is 46.9 Å². The quantitative estimate of drug-likeness (QED) is 0.292. The molecule has 2 aromatic heterocycles. The van der Waals surface area contributed by atoms with Crippen molar-refractivity contribution >= 4 is 38.4 Å². The molecule has 0 fully saturated rings. The molecule has 0 bridgehead atoms. The van der Waals surface area contributed by atoms with Gasteiger partial charge in [0.1, 0.15) is 17.1 Å². The van der Waals surface area contributed by atoms with Gasteiger partial charge in [0.15, 0.2) is 11.6 Å². The molecular weight excluding hydrogens is 504 g/mol. The lowest BCUT2D eigenvalue weighted by atomic mass is 10.0. The van der Waals surface area contributed by atoms with Crippen molar-refractivity contribution in [2.24, 2.45) is 0 Å². The average Bonchev–Trinajstić information content (AvgIpc) is 2.84. The highest BCUT2D eigenvalue weighted by Gasteiger charge is 2.20. The van der Waals surface area contributed by atoms with Gasteiger partial charge in [-0.05, 0) is 44.0 Å². The Morgan fingerprint density at radius 3 is 2.49 bits per heavy atom. The standard InChI is InChI=1S/C24H25F2N7O3S/c1-13(2)36-19-10-14(16-5-3-6-18(20(16)26)33-37(34,35)8-4-7-25)9-17-21(19)31-23(32-22(17)27)15-11-29-24(28)30-12-15/h3,5-6,9-13,33H,4,7-8H2,1-2H3,(H2,27,31,32)(H2,28,29,30). The third kappa shape index (κ3) is 5.82. The summed E-state index contributed by atoms with van der Waals surface area (Å²) in [7, 11) is -3.93. The molecule has 0 amide bonds. The van der Waals surface area contributed by atoms with Crippen molar-refractivity contribution in [3.05, 3.63) is 48.5 Å². The number of anilines is 3. The number of nitrogens with two attached hydrogens (primary N) is 2. The molecule has 10 nitrogen and oxygen atoms in total. The Morgan fingerprint density at radius 1 is 1.08 bits per heavy atom. The van der Waals surface area contributed by atoms with Gasteiger partial charge in [-0.25, -0.2) is 32.7 Å². The Balaban J connectivity index is 1.84. The van der Waals surface area contributed by atoms with Crippen LogP contribution in [0.1, 0.15) is 20.3 Å². The monoisotopic (exact) mass is 529 g/mol. The number of nitrogens with one attached hydrogen (secondary N) is 1. The Bertz CT molecular complexity index is 1550. The Labute approximate surface area is 212 Å². The summed E-state index contributed by atoms with van der Waals surface area (Å²) in [4.78, 5) is 16.8. The lowest BCUT2D eigenvalue weighted by Crippen LogP contribution is -2.18. The number of nitrogen functional groups attached to an aromatic ring is 2. The topological polar surface area (TPSA) is 159 Å². The van der Waals surface area contributed by atoms with Crippen LogP contribution in [0.5, 0.6) is 5.75 Å². The minimum atomic E-state index is -3.93. The van der Waals surface area contributed by atoms with E-state index < -0.39 is 28.3 Å². The molecule has 0 radical (unpaired) electrons. The highest BCUT2D eigenvalue weighted by Crippen LogP contribution is 2.37. The van der Waals surface area contributed by atoms with Gasteiger partial charge in [-0.1, -0.05) is 12.1 Å². The van der Waals surface area contributed by atoms with Crippen molar-refractivity contribution in [2.75, 3.05) is 28.6 Å². The molecule has 0 atom stereocenters. The third-order valence-electron chi connectivity index (χ3n) is 5.21. The largest absolute Gasteiger partial charge is 0.489 e. The smallest absolute Gasteiger partial charge is 0.232 e. The van der Waals surface area contributed by atoms with E-state index in [9.17, 15) is 12.8 Å². The van der Waals surface area contributed by atoms with Crippen LogP contribution < -0.4 is 20.9 Å². The number of ether oxygens (including phenoxy) is 1. The number of fused-ring (bicyclic) bond motifs is 1. The number of rotatable bonds is 9. The van der Waals surface area contributed by atoms with Crippen molar-refractivity contribution in [2.45, 2.75) is 26.4 Å².